The number of aromatic carboxylic acids is 1. The maximum Gasteiger partial charge on any atom is 0.337 e. The second-order valence-corrected chi connectivity index (χ2v) is 5.82. The maximum absolute atomic E-state index is 12.3. The third kappa shape index (κ3) is 3.10. The van der Waals surface area contributed by atoms with Crippen LogP contribution < -0.4 is 5.32 Å². The van der Waals surface area contributed by atoms with Gasteiger partial charge >= 0.3 is 5.97 Å². The van der Waals surface area contributed by atoms with E-state index in [1.54, 1.807) is 0 Å². The minimum absolute atomic E-state index is 0.0360. The standard InChI is InChI=1S/C15H9ClN2O4S/c16-10-6-8(3-4-9(10)15(20)21)18-14(19)12-13(22-7-17-12)11-2-1-5-23-11/h1-7H,(H,18,19)(H,20,21). The highest BCUT2D eigenvalue weighted by atomic mass is 35.5. The lowest BCUT2D eigenvalue weighted by Crippen LogP contribution is -2.13. The van der Waals surface area contributed by atoms with Crippen LogP contribution in [0.5, 0.6) is 0 Å². The van der Waals surface area contributed by atoms with Crippen molar-refractivity contribution in [2.75, 3.05) is 5.32 Å². The van der Waals surface area contributed by atoms with E-state index in [1.165, 1.54) is 35.9 Å². The van der Waals surface area contributed by atoms with Gasteiger partial charge in [-0.15, -0.1) is 11.3 Å². The Morgan fingerprint density at radius 1 is 1.30 bits per heavy atom. The number of oxazole rings is 1. The zero-order valence-corrected chi connectivity index (χ0v) is 13.0. The molecule has 116 valence electrons. The number of halogens is 1. The number of amides is 1. The number of carboxylic acid groups (broad SMARTS) is 1. The van der Waals surface area contributed by atoms with Crippen molar-refractivity contribution < 1.29 is 19.1 Å². The van der Waals surface area contributed by atoms with Crippen molar-refractivity contribution in [3.05, 3.63) is 58.4 Å². The van der Waals surface area contributed by atoms with Crippen molar-refractivity contribution in [3.8, 4) is 10.6 Å². The number of rotatable bonds is 4. The van der Waals surface area contributed by atoms with Crippen LogP contribution in [0.3, 0.4) is 0 Å². The van der Waals surface area contributed by atoms with E-state index in [0.717, 1.165) is 4.88 Å². The van der Waals surface area contributed by atoms with Crippen LogP contribution in [-0.2, 0) is 0 Å². The Hall–Kier alpha value is -2.64. The number of thiophene rings is 1. The third-order valence-electron chi connectivity index (χ3n) is 2.98. The minimum Gasteiger partial charge on any atom is -0.478 e. The Kier molecular flexibility index (Phi) is 4.14. The van der Waals surface area contributed by atoms with Crippen molar-refractivity contribution in [2.24, 2.45) is 0 Å². The second-order valence-electron chi connectivity index (χ2n) is 4.46. The topological polar surface area (TPSA) is 92.4 Å². The molecule has 0 spiro atoms. The fourth-order valence-electron chi connectivity index (χ4n) is 1.95. The molecule has 0 atom stereocenters. The van der Waals surface area contributed by atoms with Gasteiger partial charge in [0.05, 0.1) is 15.5 Å². The molecule has 2 heterocycles. The van der Waals surface area contributed by atoms with Crippen LogP contribution in [0.2, 0.25) is 5.02 Å². The van der Waals surface area contributed by atoms with Gasteiger partial charge in [-0.3, -0.25) is 4.79 Å². The number of anilines is 1. The smallest absolute Gasteiger partial charge is 0.337 e. The summed E-state index contributed by atoms with van der Waals surface area (Å²) in [5.74, 6) is -1.23. The van der Waals surface area contributed by atoms with Gasteiger partial charge in [0.2, 0.25) is 0 Å². The lowest BCUT2D eigenvalue weighted by atomic mass is 10.2. The molecule has 2 N–H and O–H groups in total. The highest BCUT2D eigenvalue weighted by Crippen LogP contribution is 2.28. The summed E-state index contributed by atoms with van der Waals surface area (Å²) in [6.45, 7) is 0. The number of benzene rings is 1. The Morgan fingerprint density at radius 3 is 2.78 bits per heavy atom. The zero-order valence-electron chi connectivity index (χ0n) is 11.4. The fraction of sp³-hybridized carbons (Fsp3) is 0. The molecular formula is C15H9ClN2O4S. The number of hydrogen-bond donors (Lipinski definition) is 2. The molecule has 3 aromatic rings. The first-order valence-corrected chi connectivity index (χ1v) is 7.63. The number of carboxylic acids is 1. The number of aromatic nitrogens is 1. The van der Waals surface area contributed by atoms with Gasteiger partial charge in [-0.25, -0.2) is 9.78 Å². The van der Waals surface area contributed by atoms with Crippen molar-refractivity contribution in [2.45, 2.75) is 0 Å². The Morgan fingerprint density at radius 2 is 2.13 bits per heavy atom. The van der Waals surface area contributed by atoms with E-state index < -0.39 is 11.9 Å². The van der Waals surface area contributed by atoms with Gasteiger partial charge < -0.3 is 14.8 Å². The molecule has 3 rings (SSSR count). The summed E-state index contributed by atoms with van der Waals surface area (Å²) in [5.41, 5.74) is 0.474. The first kappa shape index (κ1) is 15.3. The van der Waals surface area contributed by atoms with Crippen molar-refractivity contribution in [3.63, 3.8) is 0 Å². The average Bonchev–Trinajstić information content (AvgIpc) is 3.18. The first-order chi connectivity index (χ1) is 11.1. The van der Waals surface area contributed by atoms with E-state index in [1.807, 2.05) is 17.5 Å². The van der Waals surface area contributed by atoms with Crippen molar-refractivity contribution in [1.29, 1.82) is 0 Å². The Balaban J connectivity index is 1.85. The summed E-state index contributed by atoms with van der Waals surface area (Å²) in [4.78, 5) is 28.0. The van der Waals surface area contributed by atoms with E-state index in [-0.39, 0.29) is 16.3 Å². The van der Waals surface area contributed by atoms with Gasteiger partial charge in [-0.05, 0) is 29.6 Å². The molecule has 0 saturated carbocycles. The van der Waals surface area contributed by atoms with Crippen LogP contribution in [0.15, 0.2) is 46.5 Å². The normalized spacial score (nSPS) is 10.5. The Bertz CT molecular complexity index is 873. The van der Waals surface area contributed by atoms with Gasteiger partial charge in [0.15, 0.2) is 17.8 Å². The molecular weight excluding hydrogens is 340 g/mol. The van der Waals surface area contributed by atoms with Gasteiger partial charge in [0.1, 0.15) is 0 Å². The molecule has 8 heteroatoms. The van der Waals surface area contributed by atoms with Crippen molar-refractivity contribution in [1.82, 2.24) is 4.98 Å². The lowest BCUT2D eigenvalue weighted by molar-refractivity contribution is 0.0697. The van der Waals surface area contributed by atoms with Crippen LogP contribution in [0.1, 0.15) is 20.8 Å². The van der Waals surface area contributed by atoms with E-state index in [4.69, 9.17) is 21.1 Å². The molecule has 0 aliphatic rings. The highest BCUT2D eigenvalue weighted by molar-refractivity contribution is 7.13. The summed E-state index contributed by atoms with van der Waals surface area (Å²) in [6.07, 6.45) is 1.20. The summed E-state index contributed by atoms with van der Waals surface area (Å²) < 4.78 is 5.28. The predicted octanol–water partition coefficient (Wildman–Crippen LogP) is 4.01. The van der Waals surface area contributed by atoms with Gasteiger partial charge in [-0.2, -0.15) is 0 Å². The average molecular weight is 349 g/mol. The summed E-state index contributed by atoms with van der Waals surface area (Å²) in [7, 11) is 0. The Labute approximate surface area is 139 Å². The van der Waals surface area contributed by atoms with E-state index >= 15 is 0 Å². The summed E-state index contributed by atoms with van der Waals surface area (Å²) in [6, 6.07) is 7.81. The van der Waals surface area contributed by atoms with Crippen LogP contribution in [0.4, 0.5) is 5.69 Å². The minimum atomic E-state index is -1.13. The predicted molar refractivity (Wildman–Crippen MR) is 86.2 cm³/mol. The zero-order chi connectivity index (χ0) is 16.4. The molecule has 1 amide bonds. The second kappa shape index (κ2) is 6.23. The maximum atomic E-state index is 12.3. The van der Waals surface area contributed by atoms with Crippen LogP contribution in [0.25, 0.3) is 10.6 Å². The number of hydrogen-bond acceptors (Lipinski definition) is 5. The molecule has 0 fully saturated rings. The van der Waals surface area contributed by atoms with Gasteiger partial charge in [0, 0.05) is 5.69 Å². The summed E-state index contributed by atoms with van der Waals surface area (Å²) in [5, 5.41) is 13.5. The van der Waals surface area contributed by atoms with Crippen LogP contribution >= 0.6 is 22.9 Å². The molecule has 23 heavy (non-hydrogen) atoms. The lowest BCUT2D eigenvalue weighted by Gasteiger charge is -2.06. The van der Waals surface area contributed by atoms with Crippen molar-refractivity contribution >= 4 is 40.5 Å². The van der Waals surface area contributed by atoms with E-state index in [2.05, 4.69) is 10.3 Å². The van der Waals surface area contributed by atoms with E-state index in [9.17, 15) is 9.59 Å². The third-order valence-corrected chi connectivity index (χ3v) is 4.17. The summed E-state index contributed by atoms with van der Waals surface area (Å²) >= 11 is 7.31. The largest absolute Gasteiger partial charge is 0.478 e. The number of carbonyl (C=O) groups excluding carboxylic acids is 1. The number of nitrogens with one attached hydrogen (secondary N) is 1. The van der Waals surface area contributed by atoms with Crippen LogP contribution in [-0.4, -0.2) is 22.0 Å². The SMILES string of the molecule is O=C(O)c1ccc(NC(=O)c2ncoc2-c2cccs2)cc1Cl. The molecule has 2 aromatic heterocycles. The fourth-order valence-corrected chi connectivity index (χ4v) is 2.92. The van der Waals surface area contributed by atoms with Crippen LogP contribution in [0, 0.1) is 0 Å². The van der Waals surface area contributed by atoms with Gasteiger partial charge in [-0.1, -0.05) is 17.7 Å². The molecule has 0 aliphatic heterocycles. The number of nitrogens with zero attached hydrogens (tertiary/aromatic N) is 1. The monoisotopic (exact) mass is 348 g/mol. The molecule has 0 saturated heterocycles. The van der Waals surface area contributed by atoms with Gasteiger partial charge in [0.25, 0.3) is 5.91 Å². The molecule has 0 unspecified atom stereocenters. The molecule has 1 aromatic carbocycles. The number of carbonyl (C=O) groups is 2. The molecule has 0 bridgehead atoms. The highest BCUT2D eigenvalue weighted by Gasteiger charge is 2.19. The quantitative estimate of drug-likeness (QED) is 0.743. The molecule has 6 nitrogen and oxygen atoms in total. The van der Waals surface area contributed by atoms with E-state index in [0.29, 0.717) is 11.4 Å². The first-order valence-electron chi connectivity index (χ1n) is 6.38. The molecule has 0 aliphatic carbocycles. The molecule has 0 radical (unpaired) electrons.